The van der Waals surface area contributed by atoms with Crippen molar-refractivity contribution < 1.29 is 81.9 Å². The molecule has 10 heteroatoms. The molecular formula is C10H12BF4KO3S. The standard InChI is InChI=1S/C10H12BF4O3S.K/c1-2-19(16,17)6-5-18-10-7-8(12)3-4-9(10)11(13,14)15;/h3-4,7H,2,5-6H2,1H3;/q-1;+1. The van der Waals surface area contributed by atoms with Gasteiger partial charge in [-0.15, -0.1) is 0 Å². The van der Waals surface area contributed by atoms with Crippen LogP contribution in [0.3, 0.4) is 0 Å². The van der Waals surface area contributed by atoms with E-state index in [1.807, 2.05) is 0 Å². The van der Waals surface area contributed by atoms with Crippen LogP contribution >= 0.6 is 0 Å². The van der Waals surface area contributed by atoms with Crippen LogP contribution in [-0.2, 0) is 9.84 Å². The van der Waals surface area contributed by atoms with E-state index in [1.54, 1.807) is 0 Å². The Morgan fingerprint density at radius 3 is 2.35 bits per heavy atom. The van der Waals surface area contributed by atoms with Gasteiger partial charge in [0.15, 0.2) is 9.84 Å². The zero-order chi connectivity index (χ0) is 14.7. The maximum atomic E-state index is 12.9. The second-order valence-electron chi connectivity index (χ2n) is 3.84. The van der Waals surface area contributed by atoms with E-state index < -0.39 is 46.2 Å². The number of hydrogen-bond acceptors (Lipinski definition) is 3. The third kappa shape index (κ3) is 6.44. The summed E-state index contributed by atoms with van der Waals surface area (Å²) >= 11 is 0. The largest absolute Gasteiger partial charge is 1.00 e. The van der Waals surface area contributed by atoms with Gasteiger partial charge in [-0.1, -0.05) is 18.5 Å². The molecule has 0 aromatic heterocycles. The number of rotatable bonds is 6. The molecule has 0 atom stereocenters. The Labute approximate surface area is 157 Å². The van der Waals surface area contributed by atoms with Gasteiger partial charge in [-0.25, -0.2) is 12.8 Å². The number of ether oxygens (including phenoxy) is 1. The first kappa shape index (κ1) is 20.4. The summed E-state index contributed by atoms with van der Waals surface area (Å²) in [6.07, 6.45) is 0. The Kier molecular flexibility index (Phi) is 8.30. The molecule has 0 saturated carbocycles. The summed E-state index contributed by atoms with van der Waals surface area (Å²) in [6, 6.07) is 1.86. The van der Waals surface area contributed by atoms with Crippen molar-refractivity contribution >= 4 is 22.3 Å². The molecule has 108 valence electrons. The molecule has 0 bridgehead atoms. The van der Waals surface area contributed by atoms with Crippen molar-refractivity contribution in [2.24, 2.45) is 0 Å². The van der Waals surface area contributed by atoms with Crippen LogP contribution in [0.1, 0.15) is 6.92 Å². The molecule has 0 amide bonds. The number of sulfone groups is 1. The molecular weight excluding hydrogens is 326 g/mol. The molecule has 1 aromatic carbocycles. The molecule has 1 aromatic rings. The molecule has 0 unspecified atom stereocenters. The molecule has 0 aliphatic carbocycles. The number of hydrogen-bond donors (Lipinski definition) is 0. The third-order valence-electron chi connectivity index (χ3n) is 2.42. The molecule has 0 saturated heterocycles. The molecule has 0 heterocycles. The van der Waals surface area contributed by atoms with E-state index in [0.717, 1.165) is 0 Å². The van der Waals surface area contributed by atoms with Gasteiger partial charge < -0.3 is 17.7 Å². The zero-order valence-corrected chi connectivity index (χ0v) is 15.0. The van der Waals surface area contributed by atoms with Crippen molar-refractivity contribution in [3.8, 4) is 5.75 Å². The van der Waals surface area contributed by atoms with Gasteiger partial charge in [-0.05, 0) is 6.07 Å². The predicted octanol–water partition coefficient (Wildman–Crippen LogP) is -1.30. The summed E-state index contributed by atoms with van der Waals surface area (Å²) < 4.78 is 77.9. The van der Waals surface area contributed by atoms with E-state index >= 15 is 0 Å². The first-order valence-corrected chi connectivity index (χ1v) is 7.30. The van der Waals surface area contributed by atoms with Crippen LogP contribution in [0.5, 0.6) is 5.75 Å². The van der Waals surface area contributed by atoms with Crippen molar-refractivity contribution in [2.75, 3.05) is 18.1 Å². The van der Waals surface area contributed by atoms with E-state index in [9.17, 15) is 25.8 Å². The van der Waals surface area contributed by atoms with Gasteiger partial charge in [0, 0.05) is 11.8 Å². The van der Waals surface area contributed by atoms with Crippen molar-refractivity contribution in [1.29, 1.82) is 0 Å². The normalized spacial score (nSPS) is 11.8. The SMILES string of the molecule is CCS(=O)(=O)CCOc1cc(F)ccc1[B-](F)(F)F.[K+]. The molecule has 0 spiro atoms. The number of benzene rings is 1. The maximum absolute atomic E-state index is 12.9. The van der Waals surface area contributed by atoms with Crippen molar-refractivity contribution in [3.05, 3.63) is 24.0 Å². The van der Waals surface area contributed by atoms with Gasteiger partial charge >= 0.3 is 58.4 Å². The van der Waals surface area contributed by atoms with Crippen LogP contribution in [0, 0.1) is 5.82 Å². The summed E-state index contributed by atoms with van der Waals surface area (Å²) in [5, 5.41) is 0. The van der Waals surface area contributed by atoms with Gasteiger partial charge in [0.05, 0.1) is 11.5 Å². The minimum absolute atomic E-state index is 0. The minimum atomic E-state index is -5.34. The van der Waals surface area contributed by atoms with E-state index in [4.69, 9.17) is 4.74 Å². The van der Waals surface area contributed by atoms with Crippen LogP contribution in [0.25, 0.3) is 0 Å². The van der Waals surface area contributed by atoms with E-state index in [0.29, 0.717) is 18.2 Å². The molecule has 3 nitrogen and oxygen atoms in total. The fourth-order valence-corrected chi connectivity index (χ4v) is 1.95. The minimum Gasteiger partial charge on any atom is -0.495 e. The average Bonchev–Trinajstić information content (AvgIpc) is 2.27. The van der Waals surface area contributed by atoms with Crippen LogP contribution in [0.4, 0.5) is 17.3 Å². The average molecular weight is 338 g/mol. The van der Waals surface area contributed by atoms with Gasteiger partial charge in [0.25, 0.3) is 0 Å². The molecule has 0 N–H and O–H groups in total. The van der Waals surface area contributed by atoms with Crippen LogP contribution < -0.4 is 61.6 Å². The Bertz CT molecular complexity index is 548. The van der Waals surface area contributed by atoms with E-state index in [1.165, 1.54) is 6.92 Å². The first-order valence-electron chi connectivity index (χ1n) is 5.48. The van der Waals surface area contributed by atoms with Crippen LogP contribution in [-0.4, -0.2) is 33.5 Å². The summed E-state index contributed by atoms with van der Waals surface area (Å²) in [6.45, 7) is -4.37. The van der Waals surface area contributed by atoms with Crippen LogP contribution in [0.15, 0.2) is 18.2 Å². The van der Waals surface area contributed by atoms with Gasteiger partial charge in [0.1, 0.15) is 12.4 Å². The topological polar surface area (TPSA) is 43.4 Å². The van der Waals surface area contributed by atoms with Crippen LogP contribution in [0.2, 0.25) is 0 Å². The second kappa shape index (κ2) is 8.14. The van der Waals surface area contributed by atoms with Gasteiger partial charge in [0.2, 0.25) is 0 Å². The quantitative estimate of drug-likeness (QED) is 0.478. The Balaban J connectivity index is 0.00000361. The van der Waals surface area contributed by atoms with Crippen molar-refractivity contribution in [3.63, 3.8) is 0 Å². The molecule has 20 heavy (non-hydrogen) atoms. The maximum Gasteiger partial charge on any atom is 1.00 e. The summed E-state index contributed by atoms with van der Waals surface area (Å²) in [5.41, 5.74) is -1.07. The molecule has 1 rings (SSSR count). The molecule has 0 aliphatic heterocycles. The first-order chi connectivity index (χ1) is 8.65. The molecule has 0 radical (unpaired) electrons. The Morgan fingerprint density at radius 2 is 1.85 bits per heavy atom. The second-order valence-corrected chi connectivity index (χ2v) is 6.31. The molecule has 0 aliphatic rings. The van der Waals surface area contributed by atoms with E-state index in [2.05, 4.69) is 0 Å². The monoisotopic (exact) mass is 338 g/mol. The summed E-state index contributed by atoms with van der Waals surface area (Å²) in [7, 11) is -3.34. The third-order valence-corrected chi connectivity index (χ3v) is 4.09. The number of halogens is 4. The molecule has 0 fully saturated rings. The summed E-state index contributed by atoms with van der Waals surface area (Å²) in [5.74, 6) is -2.10. The fraction of sp³-hybridized carbons (Fsp3) is 0.400. The zero-order valence-electron chi connectivity index (χ0n) is 11.1. The fourth-order valence-electron chi connectivity index (χ4n) is 1.33. The van der Waals surface area contributed by atoms with E-state index in [-0.39, 0.29) is 57.1 Å². The van der Waals surface area contributed by atoms with Crippen molar-refractivity contribution in [1.82, 2.24) is 0 Å². The van der Waals surface area contributed by atoms with Crippen molar-refractivity contribution in [2.45, 2.75) is 6.92 Å². The predicted molar refractivity (Wildman–Crippen MR) is 64.9 cm³/mol. The Hall–Kier alpha value is 0.391. The van der Waals surface area contributed by atoms with Gasteiger partial charge in [-0.3, -0.25) is 0 Å². The Morgan fingerprint density at radius 1 is 1.25 bits per heavy atom. The smallest absolute Gasteiger partial charge is 0.495 e. The van der Waals surface area contributed by atoms with Gasteiger partial charge in [-0.2, -0.15) is 0 Å². The summed E-state index contributed by atoms with van der Waals surface area (Å²) in [4.78, 5) is 0.